The maximum absolute atomic E-state index is 5.30. The molecule has 0 aliphatic carbocycles. The summed E-state index contributed by atoms with van der Waals surface area (Å²) in [6, 6.07) is 7.42. The standard InChI is InChI=1S/C15H18N4O2/c1-10-7-11(2)18-15(17-10)19-16-9-12-5-6-13(20-3)8-14(12)21-4/h5-9H,1-4H3,(H,17,18,19)/b16-9+. The van der Waals surface area contributed by atoms with Crippen LogP contribution in [0.3, 0.4) is 0 Å². The smallest absolute Gasteiger partial charge is 0.243 e. The van der Waals surface area contributed by atoms with Crippen LogP contribution in [0.1, 0.15) is 17.0 Å². The van der Waals surface area contributed by atoms with Crippen LogP contribution in [0.2, 0.25) is 0 Å². The number of ether oxygens (including phenoxy) is 2. The summed E-state index contributed by atoms with van der Waals surface area (Å²) in [6.07, 6.45) is 1.65. The van der Waals surface area contributed by atoms with Crippen molar-refractivity contribution in [3.63, 3.8) is 0 Å². The Hall–Kier alpha value is -2.63. The molecule has 0 aliphatic heterocycles. The molecule has 0 atom stereocenters. The van der Waals surface area contributed by atoms with E-state index in [1.165, 1.54) is 0 Å². The third kappa shape index (κ3) is 3.92. The number of hydrogen-bond acceptors (Lipinski definition) is 6. The van der Waals surface area contributed by atoms with Gasteiger partial charge in [0, 0.05) is 23.0 Å². The topological polar surface area (TPSA) is 68.6 Å². The van der Waals surface area contributed by atoms with E-state index < -0.39 is 0 Å². The van der Waals surface area contributed by atoms with Gasteiger partial charge in [-0.05, 0) is 32.0 Å². The van der Waals surface area contributed by atoms with E-state index in [2.05, 4.69) is 20.5 Å². The second kappa shape index (κ2) is 6.69. The molecule has 2 aromatic rings. The van der Waals surface area contributed by atoms with Gasteiger partial charge in [0.2, 0.25) is 5.95 Å². The van der Waals surface area contributed by atoms with Gasteiger partial charge in [-0.15, -0.1) is 0 Å². The number of rotatable bonds is 5. The van der Waals surface area contributed by atoms with Crippen LogP contribution in [0.4, 0.5) is 5.95 Å². The highest BCUT2D eigenvalue weighted by molar-refractivity contribution is 5.84. The first-order valence-corrected chi connectivity index (χ1v) is 6.46. The van der Waals surface area contributed by atoms with Gasteiger partial charge in [0.1, 0.15) is 11.5 Å². The molecule has 0 amide bonds. The van der Waals surface area contributed by atoms with Crippen molar-refractivity contribution in [2.45, 2.75) is 13.8 Å². The van der Waals surface area contributed by atoms with Crippen LogP contribution in [-0.4, -0.2) is 30.4 Å². The van der Waals surface area contributed by atoms with E-state index in [0.29, 0.717) is 11.7 Å². The Morgan fingerprint density at radius 3 is 2.38 bits per heavy atom. The van der Waals surface area contributed by atoms with Gasteiger partial charge in [0.25, 0.3) is 0 Å². The Bertz CT molecular complexity index is 636. The summed E-state index contributed by atoms with van der Waals surface area (Å²) in [5, 5.41) is 4.14. The molecule has 1 heterocycles. The molecule has 0 radical (unpaired) electrons. The lowest BCUT2D eigenvalue weighted by molar-refractivity contribution is 0.394. The first kappa shape index (κ1) is 14.8. The predicted molar refractivity (Wildman–Crippen MR) is 82.3 cm³/mol. The van der Waals surface area contributed by atoms with E-state index in [0.717, 1.165) is 22.7 Å². The predicted octanol–water partition coefficient (Wildman–Crippen LogP) is 2.56. The quantitative estimate of drug-likeness (QED) is 0.675. The summed E-state index contributed by atoms with van der Waals surface area (Å²) < 4.78 is 10.5. The van der Waals surface area contributed by atoms with Crippen molar-refractivity contribution < 1.29 is 9.47 Å². The van der Waals surface area contributed by atoms with E-state index in [1.807, 2.05) is 32.0 Å². The summed E-state index contributed by atoms with van der Waals surface area (Å²) in [6.45, 7) is 3.83. The zero-order chi connectivity index (χ0) is 15.2. The molecule has 0 unspecified atom stereocenters. The number of benzene rings is 1. The van der Waals surface area contributed by atoms with Crippen LogP contribution in [0.25, 0.3) is 0 Å². The molecule has 0 aliphatic rings. The molecule has 6 heteroatoms. The van der Waals surface area contributed by atoms with Crippen molar-refractivity contribution in [3.05, 3.63) is 41.2 Å². The Kier molecular flexibility index (Phi) is 4.71. The van der Waals surface area contributed by atoms with Crippen LogP contribution in [0.15, 0.2) is 29.4 Å². The maximum Gasteiger partial charge on any atom is 0.243 e. The summed E-state index contributed by atoms with van der Waals surface area (Å²) >= 11 is 0. The van der Waals surface area contributed by atoms with Gasteiger partial charge in [-0.2, -0.15) is 5.10 Å². The average Bonchev–Trinajstić information content (AvgIpc) is 2.46. The van der Waals surface area contributed by atoms with Gasteiger partial charge in [0.05, 0.1) is 20.4 Å². The Morgan fingerprint density at radius 1 is 1.05 bits per heavy atom. The van der Waals surface area contributed by atoms with E-state index in [9.17, 15) is 0 Å². The Balaban J connectivity index is 2.14. The number of nitrogens with one attached hydrogen (secondary N) is 1. The van der Waals surface area contributed by atoms with Crippen molar-refractivity contribution in [2.75, 3.05) is 19.6 Å². The first-order valence-electron chi connectivity index (χ1n) is 6.46. The number of aryl methyl sites for hydroxylation is 2. The van der Waals surface area contributed by atoms with Crippen LogP contribution in [-0.2, 0) is 0 Å². The molecular formula is C15H18N4O2. The number of methoxy groups -OCH3 is 2. The molecule has 1 aromatic heterocycles. The fourth-order valence-corrected chi connectivity index (χ4v) is 1.86. The highest BCUT2D eigenvalue weighted by atomic mass is 16.5. The number of hydrogen-bond donors (Lipinski definition) is 1. The second-order valence-corrected chi connectivity index (χ2v) is 4.45. The number of anilines is 1. The molecule has 0 saturated carbocycles. The molecule has 0 bridgehead atoms. The van der Waals surface area contributed by atoms with Crippen molar-refractivity contribution in [1.29, 1.82) is 0 Å². The van der Waals surface area contributed by atoms with Crippen molar-refractivity contribution in [2.24, 2.45) is 5.10 Å². The zero-order valence-electron chi connectivity index (χ0n) is 12.5. The molecule has 0 saturated heterocycles. The highest BCUT2D eigenvalue weighted by Gasteiger charge is 2.03. The fraction of sp³-hybridized carbons (Fsp3) is 0.267. The molecule has 0 spiro atoms. The van der Waals surface area contributed by atoms with Gasteiger partial charge in [-0.3, -0.25) is 0 Å². The SMILES string of the molecule is COc1ccc(/C=N/Nc2nc(C)cc(C)n2)c(OC)c1. The fourth-order valence-electron chi connectivity index (χ4n) is 1.86. The van der Waals surface area contributed by atoms with Gasteiger partial charge in [-0.1, -0.05) is 0 Å². The van der Waals surface area contributed by atoms with Crippen molar-refractivity contribution in [3.8, 4) is 11.5 Å². The number of hydrazone groups is 1. The zero-order valence-corrected chi connectivity index (χ0v) is 12.5. The molecular weight excluding hydrogens is 268 g/mol. The summed E-state index contributed by atoms with van der Waals surface area (Å²) in [4.78, 5) is 8.50. The van der Waals surface area contributed by atoms with Crippen LogP contribution in [0, 0.1) is 13.8 Å². The van der Waals surface area contributed by atoms with E-state index in [1.54, 1.807) is 26.5 Å². The van der Waals surface area contributed by atoms with E-state index in [-0.39, 0.29) is 0 Å². The molecule has 1 N–H and O–H groups in total. The van der Waals surface area contributed by atoms with Crippen LogP contribution in [0.5, 0.6) is 11.5 Å². The van der Waals surface area contributed by atoms with Crippen molar-refractivity contribution in [1.82, 2.24) is 9.97 Å². The third-order valence-electron chi connectivity index (χ3n) is 2.79. The normalized spacial score (nSPS) is 10.7. The summed E-state index contributed by atoms with van der Waals surface area (Å²) in [7, 11) is 3.22. The number of aromatic nitrogens is 2. The van der Waals surface area contributed by atoms with Gasteiger partial charge < -0.3 is 9.47 Å². The first-order chi connectivity index (χ1) is 10.1. The molecule has 0 fully saturated rings. The highest BCUT2D eigenvalue weighted by Crippen LogP contribution is 2.23. The maximum atomic E-state index is 5.30. The van der Waals surface area contributed by atoms with E-state index >= 15 is 0 Å². The monoisotopic (exact) mass is 286 g/mol. The lowest BCUT2D eigenvalue weighted by Gasteiger charge is -2.07. The minimum atomic E-state index is 0.469. The van der Waals surface area contributed by atoms with E-state index in [4.69, 9.17) is 9.47 Å². The largest absolute Gasteiger partial charge is 0.497 e. The summed E-state index contributed by atoms with van der Waals surface area (Å²) in [5.41, 5.74) is 5.43. The molecule has 2 rings (SSSR count). The Morgan fingerprint density at radius 2 is 1.76 bits per heavy atom. The third-order valence-corrected chi connectivity index (χ3v) is 2.79. The van der Waals surface area contributed by atoms with Gasteiger partial charge in [0.15, 0.2) is 0 Å². The van der Waals surface area contributed by atoms with Crippen LogP contribution >= 0.6 is 0 Å². The molecule has 21 heavy (non-hydrogen) atoms. The average molecular weight is 286 g/mol. The van der Waals surface area contributed by atoms with Gasteiger partial charge in [-0.25, -0.2) is 15.4 Å². The van der Waals surface area contributed by atoms with Crippen LogP contribution < -0.4 is 14.9 Å². The van der Waals surface area contributed by atoms with Gasteiger partial charge >= 0.3 is 0 Å². The summed E-state index contributed by atoms with van der Waals surface area (Å²) in [5.74, 6) is 1.88. The van der Waals surface area contributed by atoms with Crippen molar-refractivity contribution >= 4 is 12.2 Å². The Labute approximate surface area is 123 Å². The minimum Gasteiger partial charge on any atom is -0.497 e. The number of nitrogens with zero attached hydrogens (tertiary/aromatic N) is 3. The minimum absolute atomic E-state index is 0.469. The lowest BCUT2D eigenvalue weighted by atomic mass is 10.2. The molecule has 6 nitrogen and oxygen atoms in total. The second-order valence-electron chi connectivity index (χ2n) is 4.45. The molecule has 110 valence electrons. The lowest BCUT2D eigenvalue weighted by Crippen LogP contribution is -2.00. The molecule has 1 aromatic carbocycles.